The van der Waals surface area contributed by atoms with E-state index in [1.54, 1.807) is 24.3 Å². The lowest BCUT2D eigenvalue weighted by molar-refractivity contribution is -0.113. The number of nitrogens with zero attached hydrogens (tertiary/aromatic N) is 3. The number of hydrogen-bond acceptors (Lipinski definition) is 5. The van der Waals surface area contributed by atoms with Gasteiger partial charge in [-0.3, -0.25) is 4.79 Å². The summed E-state index contributed by atoms with van der Waals surface area (Å²) in [6.07, 6.45) is 0. The fraction of sp³-hybridized carbons (Fsp3) is 0.318. The summed E-state index contributed by atoms with van der Waals surface area (Å²) >= 11 is 7.30. The fourth-order valence-electron chi connectivity index (χ4n) is 3.02. The summed E-state index contributed by atoms with van der Waals surface area (Å²) in [6, 6.07) is 13.3. The van der Waals surface area contributed by atoms with Crippen molar-refractivity contribution in [3.05, 3.63) is 64.4 Å². The summed E-state index contributed by atoms with van der Waals surface area (Å²) in [5, 5.41) is 12.7. The molecule has 0 saturated heterocycles. The Hall–Kier alpha value is -2.51. The summed E-state index contributed by atoms with van der Waals surface area (Å²) in [6.45, 7) is 8.50. The highest BCUT2D eigenvalue weighted by Gasteiger charge is 2.17. The van der Waals surface area contributed by atoms with Crippen LogP contribution in [0.2, 0.25) is 5.02 Å². The van der Waals surface area contributed by atoms with E-state index in [1.807, 2.05) is 23.6 Å². The molecule has 0 saturated carbocycles. The van der Waals surface area contributed by atoms with Gasteiger partial charge in [0.25, 0.3) is 0 Å². The molecule has 0 fully saturated rings. The van der Waals surface area contributed by atoms with Crippen molar-refractivity contribution < 1.29 is 9.53 Å². The number of thioether (sulfide) groups is 1. The Labute approximate surface area is 186 Å². The number of rotatable bonds is 8. The zero-order valence-electron chi connectivity index (χ0n) is 17.5. The van der Waals surface area contributed by atoms with Gasteiger partial charge in [-0.15, -0.1) is 10.2 Å². The van der Waals surface area contributed by atoms with E-state index in [0.717, 1.165) is 17.1 Å². The van der Waals surface area contributed by atoms with Gasteiger partial charge in [-0.25, -0.2) is 0 Å². The van der Waals surface area contributed by atoms with Gasteiger partial charge in [0, 0.05) is 16.8 Å². The molecular weight excluding hydrogens is 420 g/mol. The first-order chi connectivity index (χ1) is 14.3. The van der Waals surface area contributed by atoms with Crippen LogP contribution in [0, 0.1) is 13.8 Å². The molecule has 0 unspecified atom stereocenters. The molecule has 8 heteroatoms. The highest BCUT2D eigenvalue weighted by atomic mass is 35.5. The van der Waals surface area contributed by atoms with Gasteiger partial charge in [-0.1, -0.05) is 47.1 Å². The maximum Gasteiger partial charge on any atom is 0.234 e. The Morgan fingerprint density at radius 1 is 1.20 bits per heavy atom. The zero-order chi connectivity index (χ0) is 21.7. The SMILES string of the molecule is Cc1ccc(OCc2nnc(SCC(=O)Nc3cccc(Cl)c3)n2C(C)C)c(C)c1. The standard InChI is InChI=1S/C22H25ClN4O2S/c1-14(2)27-20(12-29-19-9-8-15(3)10-16(19)4)25-26-22(27)30-13-21(28)24-18-7-5-6-17(23)11-18/h5-11,14H,12-13H2,1-4H3,(H,24,28). The minimum Gasteiger partial charge on any atom is -0.485 e. The number of nitrogens with one attached hydrogen (secondary N) is 1. The van der Waals surface area contributed by atoms with Crippen molar-refractivity contribution in [3.8, 4) is 5.75 Å². The fourth-order valence-corrected chi connectivity index (χ4v) is 4.10. The van der Waals surface area contributed by atoms with E-state index in [2.05, 4.69) is 42.4 Å². The lowest BCUT2D eigenvalue weighted by Gasteiger charge is -2.15. The molecule has 0 spiro atoms. The first-order valence-corrected chi connectivity index (χ1v) is 11.0. The predicted octanol–water partition coefficient (Wildman–Crippen LogP) is 5.44. The number of hydrogen-bond donors (Lipinski definition) is 1. The largest absolute Gasteiger partial charge is 0.485 e. The summed E-state index contributed by atoms with van der Waals surface area (Å²) in [5.74, 6) is 1.64. The first kappa shape index (κ1) is 22.2. The van der Waals surface area contributed by atoms with E-state index in [-0.39, 0.29) is 17.7 Å². The molecule has 1 N–H and O–H groups in total. The van der Waals surface area contributed by atoms with Gasteiger partial charge in [-0.05, 0) is 57.5 Å². The van der Waals surface area contributed by atoms with E-state index >= 15 is 0 Å². The predicted molar refractivity (Wildman–Crippen MR) is 121 cm³/mol. The van der Waals surface area contributed by atoms with Crippen LogP contribution in [0.5, 0.6) is 5.75 Å². The maximum atomic E-state index is 12.3. The van der Waals surface area contributed by atoms with E-state index in [4.69, 9.17) is 16.3 Å². The Morgan fingerprint density at radius 3 is 2.70 bits per heavy atom. The number of ether oxygens (including phenoxy) is 1. The molecule has 1 heterocycles. The molecule has 2 aromatic carbocycles. The van der Waals surface area contributed by atoms with E-state index in [9.17, 15) is 4.79 Å². The number of aryl methyl sites for hydroxylation is 2. The van der Waals surface area contributed by atoms with E-state index in [0.29, 0.717) is 22.5 Å². The highest BCUT2D eigenvalue weighted by molar-refractivity contribution is 7.99. The lowest BCUT2D eigenvalue weighted by atomic mass is 10.1. The van der Waals surface area contributed by atoms with Crippen LogP contribution in [0.15, 0.2) is 47.6 Å². The van der Waals surface area contributed by atoms with Crippen molar-refractivity contribution in [3.63, 3.8) is 0 Å². The molecule has 3 rings (SSSR count). The quantitative estimate of drug-likeness (QED) is 0.468. The van der Waals surface area contributed by atoms with Crippen LogP contribution in [0.3, 0.4) is 0 Å². The molecular formula is C22H25ClN4O2S. The minimum absolute atomic E-state index is 0.131. The molecule has 0 aliphatic rings. The van der Waals surface area contributed by atoms with Crippen molar-refractivity contribution in [1.82, 2.24) is 14.8 Å². The number of anilines is 1. The van der Waals surface area contributed by atoms with Gasteiger partial charge in [0.1, 0.15) is 12.4 Å². The third kappa shape index (κ3) is 5.77. The van der Waals surface area contributed by atoms with Gasteiger partial charge in [0.2, 0.25) is 5.91 Å². The van der Waals surface area contributed by atoms with Crippen LogP contribution >= 0.6 is 23.4 Å². The second-order valence-corrected chi connectivity index (χ2v) is 8.65. The van der Waals surface area contributed by atoms with Crippen molar-refractivity contribution >= 4 is 35.0 Å². The summed E-state index contributed by atoms with van der Waals surface area (Å²) in [7, 11) is 0. The molecule has 30 heavy (non-hydrogen) atoms. The Morgan fingerprint density at radius 2 is 2.00 bits per heavy atom. The number of aromatic nitrogens is 3. The number of carbonyl (C=O) groups is 1. The average Bonchev–Trinajstić information content (AvgIpc) is 3.09. The molecule has 0 atom stereocenters. The van der Waals surface area contributed by atoms with Crippen molar-refractivity contribution in [2.45, 2.75) is 45.5 Å². The van der Waals surface area contributed by atoms with Crippen molar-refractivity contribution in [2.24, 2.45) is 0 Å². The molecule has 0 bridgehead atoms. The minimum atomic E-state index is -0.131. The van der Waals surface area contributed by atoms with Crippen LogP contribution in [0.1, 0.15) is 36.8 Å². The molecule has 3 aromatic rings. The maximum absolute atomic E-state index is 12.3. The smallest absolute Gasteiger partial charge is 0.234 e. The van der Waals surface area contributed by atoms with E-state index in [1.165, 1.54) is 17.3 Å². The molecule has 6 nitrogen and oxygen atoms in total. The second-order valence-electron chi connectivity index (χ2n) is 7.27. The Balaban J connectivity index is 1.64. The number of benzene rings is 2. The Bertz CT molecular complexity index is 1040. The second kappa shape index (κ2) is 10.00. The lowest BCUT2D eigenvalue weighted by Crippen LogP contribution is -2.15. The monoisotopic (exact) mass is 444 g/mol. The third-order valence-electron chi connectivity index (χ3n) is 4.38. The summed E-state index contributed by atoms with van der Waals surface area (Å²) in [5.41, 5.74) is 2.94. The topological polar surface area (TPSA) is 69.0 Å². The number of carbonyl (C=O) groups excluding carboxylic acids is 1. The number of amides is 1. The van der Waals surface area contributed by atoms with Gasteiger partial charge < -0.3 is 14.6 Å². The van der Waals surface area contributed by atoms with Gasteiger partial charge in [0.15, 0.2) is 11.0 Å². The normalized spacial score (nSPS) is 11.0. The average molecular weight is 445 g/mol. The van der Waals surface area contributed by atoms with Gasteiger partial charge in [0.05, 0.1) is 5.75 Å². The molecule has 1 aromatic heterocycles. The van der Waals surface area contributed by atoms with Crippen LogP contribution in [0.25, 0.3) is 0 Å². The number of halogens is 1. The van der Waals surface area contributed by atoms with Crippen molar-refractivity contribution in [1.29, 1.82) is 0 Å². The molecule has 0 aliphatic heterocycles. The third-order valence-corrected chi connectivity index (χ3v) is 5.56. The molecule has 1 amide bonds. The molecule has 0 aliphatic carbocycles. The van der Waals surface area contributed by atoms with Crippen LogP contribution < -0.4 is 10.1 Å². The zero-order valence-corrected chi connectivity index (χ0v) is 19.0. The molecule has 158 valence electrons. The summed E-state index contributed by atoms with van der Waals surface area (Å²) < 4.78 is 7.97. The molecule has 0 radical (unpaired) electrons. The van der Waals surface area contributed by atoms with Crippen LogP contribution in [-0.4, -0.2) is 26.4 Å². The van der Waals surface area contributed by atoms with Crippen molar-refractivity contribution in [2.75, 3.05) is 11.1 Å². The van der Waals surface area contributed by atoms with Crippen LogP contribution in [-0.2, 0) is 11.4 Å². The highest BCUT2D eigenvalue weighted by Crippen LogP contribution is 2.24. The van der Waals surface area contributed by atoms with Gasteiger partial charge in [-0.2, -0.15) is 0 Å². The summed E-state index contributed by atoms with van der Waals surface area (Å²) in [4.78, 5) is 12.3. The van der Waals surface area contributed by atoms with Crippen LogP contribution in [0.4, 0.5) is 5.69 Å². The van der Waals surface area contributed by atoms with Gasteiger partial charge >= 0.3 is 0 Å². The van der Waals surface area contributed by atoms with E-state index < -0.39 is 0 Å². The first-order valence-electron chi connectivity index (χ1n) is 9.65. The Kier molecular flexibility index (Phi) is 7.39.